The second kappa shape index (κ2) is 7.04. The van der Waals surface area contributed by atoms with E-state index in [1.165, 1.54) is 6.26 Å². The summed E-state index contributed by atoms with van der Waals surface area (Å²) in [7, 11) is -1.12. The largest absolute Gasteiger partial charge is 0.329 e. The van der Waals surface area contributed by atoms with Gasteiger partial charge in [-0.1, -0.05) is 27.5 Å². The summed E-state index contributed by atoms with van der Waals surface area (Å²) in [5.74, 6) is 0.109. The highest BCUT2D eigenvalue weighted by Crippen LogP contribution is 2.29. The van der Waals surface area contributed by atoms with Crippen molar-refractivity contribution in [3.05, 3.63) is 33.3 Å². The second-order valence-corrected chi connectivity index (χ2v) is 8.08. The third kappa shape index (κ3) is 5.39. The molecule has 2 N–H and O–H groups in total. The summed E-state index contributed by atoms with van der Waals surface area (Å²) in [5.41, 5.74) is 6.77. The van der Waals surface area contributed by atoms with Gasteiger partial charge in [0.15, 0.2) is 0 Å². The fourth-order valence-corrected chi connectivity index (χ4v) is 3.09. The molecule has 0 saturated heterocycles. The molecule has 1 atom stereocenters. The third-order valence-electron chi connectivity index (χ3n) is 2.89. The molecule has 0 aromatic heterocycles. The van der Waals surface area contributed by atoms with Crippen molar-refractivity contribution in [2.75, 3.05) is 32.1 Å². The van der Waals surface area contributed by atoms with Crippen LogP contribution in [0.15, 0.2) is 22.7 Å². The van der Waals surface area contributed by atoms with Crippen LogP contribution in [0.4, 0.5) is 0 Å². The van der Waals surface area contributed by atoms with Gasteiger partial charge in [-0.05, 0) is 30.8 Å². The number of nitrogens with zero attached hydrogens (tertiary/aromatic N) is 1. The van der Waals surface area contributed by atoms with Crippen molar-refractivity contribution in [3.8, 4) is 0 Å². The first kappa shape index (κ1) is 16.9. The Hall–Kier alpha value is -0.140. The predicted molar refractivity (Wildman–Crippen MR) is 83.3 cm³/mol. The van der Waals surface area contributed by atoms with Gasteiger partial charge < -0.3 is 5.73 Å². The molecule has 0 radical (unpaired) electrons. The monoisotopic (exact) mass is 368 g/mol. The predicted octanol–water partition coefficient (Wildman–Crippen LogP) is 2.08. The normalized spacial score (nSPS) is 13.8. The van der Waals surface area contributed by atoms with E-state index in [0.29, 0.717) is 18.1 Å². The smallest absolute Gasteiger partial charge is 0.148 e. The summed E-state index contributed by atoms with van der Waals surface area (Å²) in [6, 6.07) is 5.43. The molecule has 0 bridgehead atoms. The molecule has 1 aromatic rings. The zero-order valence-corrected chi connectivity index (χ0v) is 14.1. The summed E-state index contributed by atoms with van der Waals surface area (Å²) in [5, 5.41) is 0.633. The van der Waals surface area contributed by atoms with Crippen molar-refractivity contribution in [2.45, 2.75) is 6.04 Å². The van der Waals surface area contributed by atoms with Gasteiger partial charge in [0.2, 0.25) is 0 Å². The molecule has 0 aliphatic carbocycles. The average molecular weight is 370 g/mol. The highest BCUT2D eigenvalue weighted by Gasteiger charge is 2.19. The van der Waals surface area contributed by atoms with E-state index < -0.39 is 9.84 Å². The van der Waals surface area contributed by atoms with Gasteiger partial charge in [0.25, 0.3) is 0 Å². The highest BCUT2D eigenvalue weighted by molar-refractivity contribution is 9.10. The molecule has 19 heavy (non-hydrogen) atoms. The molecule has 0 amide bonds. The third-order valence-corrected chi connectivity index (χ3v) is 4.77. The van der Waals surface area contributed by atoms with Crippen LogP contribution in [-0.4, -0.2) is 45.5 Å². The molecule has 0 spiro atoms. The van der Waals surface area contributed by atoms with Gasteiger partial charge in [0, 0.05) is 34.9 Å². The van der Waals surface area contributed by atoms with Crippen LogP contribution in [0.25, 0.3) is 0 Å². The first-order valence-corrected chi connectivity index (χ1v) is 9.00. The van der Waals surface area contributed by atoms with E-state index in [1.54, 1.807) is 6.07 Å². The lowest BCUT2D eigenvalue weighted by atomic mass is 10.1. The van der Waals surface area contributed by atoms with Crippen LogP contribution in [0.1, 0.15) is 11.6 Å². The molecule has 108 valence electrons. The Balaban J connectivity index is 2.90. The van der Waals surface area contributed by atoms with Crippen LogP contribution in [0, 0.1) is 0 Å². The van der Waals surface area contributed by atoms with Gasteiger partial charge in [-0.25, -0.2) is 8.42 Å². The SMILES string of the molecule is CN(CCS(C)(=O)=O)C(CN)c1cc(Cl)ccc1Br. The molecule has 1 unspecified atom stereocenters. The van der Waals surface area contributed by atoms with Crippen molar-refractivity contribution >= 4 is 37.4 Å². The summed E-state index contributed by atoms with van der Waals surface area (Å²) in [4.78, 5) is 1.93. The van der Waals surface area contributed by atoms with Gasteiger partial charge >= 0.3 is 0 Å². The number of hydrogen-bond acceptors (Lipinski definition) is 4. The molecule has 0 fully saturated rings. The average Bonchev–Trinajstić information content (AvgIpc) is 2.31. The molecule has 0 heterocycles. The Morgan fingerprint density at radius 1 is 1.47 bits per heavy atom. The maximum Gasteiger partial charge on any atom is 0.148 e. The number of hydrogen-bond donors (Lipinski definition) is 1. The Labute approximate surface area is 128 Å². The molecule has 1 aromatic carbocycles. The highest BCUT2D eigenvalue weighted by atomic mass is 79.9. The van der Waals surface area contributed by atoms with Crippen LogP contribution >= 0.6 is 27.5 Å². The second-order valence-electron chi connectivity index (χ2n) is 4.53. The molecular formula is C12H18BrClN2O2S. The number of sulfone groups is 1. The van der Waals surface area contributed by atoms with E-state index in [9.17, 15) is 8.42 Å². The number of benzene rings is 1. The van der Waals surface area contributed by atoms with Crippen LogP contribution < -0.4 is 5.73 Å². The quantitative estimate of drug-likeness (QED) is 0.834. The van der Waals surface area contributed by atoms with Gasteiger partial charge in [-0.3, -0.25) is 4.90 Å². The number of rotatable bonds is 6. The summed E-state index contributed by atoms with van der Waals surface area (Å²) >= 11 is 9.47. The first-order chi connectivity index (χ1) is 8.74. The van der Waals surface area contributed by atoms with E-state index in [1.807, 2.05) is 24.1 Å². The molecule has 4 nitrogen and oxygen atoms in total. The van der Waals surface area contributed by atoms with Crippen LogP contribution in [-0.2, 0) is 9.84 Å². The first-order valence-electron chi connectivity index (χ1n) is 5.77. The topological polar surface area (TPSA) is 63.4 Å². The van der Waals surface area contributed by atoms with Gasteiger partial charge in [0.05, 0.1) is 5.75 Å². The standard InChI is InChI=1S/C12H18BrClN2O2S/c1-16(5-6-19(2,17)18)12(8-15)10-7-9(14)3-4-11(10)13/h3-4,7,12H,5-6,8,15H2,1-2H3. The molecule has 1 rings (SSSR count). The van der Waals surface area contributed by atoms with Crippen molar-refractivity contribution in [2.24, 2.45) is 5.73 Å². The minimum absolute atomic E-state index is 0.0742. The Kier molecular flexibility index (Phi) is 6.26. The van der Waals surface area contributed by atoms with E-state index >= 15 is 0 Å². The lowest BCUT2D eigenvalue weighted by Gasteiger charge is -2.28. The van der Waals surface area contributed by atoms with Crippen LogP contribution in [0.3, 0.4) is 0 Å². The van der Waals surface area contributed by atoms with Crippen molar-refractivity contribution in [1.29, 1.82) is 0 Å². The number of nitrogens with two attached hydrogens (primary N) is 1. The minimum atomic E-state index is -2.98. The van der Waals surface area contributed by atoms with Crippen LogP contribution in [0.2, 0.25) is 5.02 Å². The number of likely N-dealkylation sites (N-methyl/N-ethyl adjacent to an activating group) is 1. The lowest BCUT2D eigenvalue weighted by Crippen LogP contribution is -2.34. The van der Waals surface area contributed by atoms with E-state index in [4.69, 9.17) is 17.3 Å². The molecular weight excluding hydrogens is 352 g/mol. The van der Waals surface area contributed by atoms with Crippen molar-refractivity contribution < 1.29 is 8.42 Å². The minimum Gasteiger partial charge on any atom is -0.329 e. The fraction of sp³-hybridized carbons (Fsp3) is 0.500. The lowest BCUT2D eigenvalue weighted by molar-refractivity contribution is 0.263. The zero-order valence-electron chi connectivity index (χ0n) is 10.9. The maximum absolute atomic E-state index is 11.2. The maximum atomic E-state index is 11.2. The van der Waals surface area contributed by atoms with Crippen molar-refractivity contribution in [1.82, 2.24) is 4.90 Å². The van der Waals surface area contributed by atoms with Crippen LogP contribution in [0.5, 0.6) is 0 Å². The molecule has 0 aliphatic rings. The van der Waals surface area contributed by atoms with Gasteiger partial charge in [-0.15, -0.1) is 0 Å². The molecule has 7 heteroatoms. The van der Waals surface area contributed by atoms with Gasteiger partial charge in [0.1, 0.15) is 9.84 Å². The summed E-state index contributed by atoms with van der Waals surface area (Å²) < 4.78 is 23.3. The van der Waals surface area contributed by atoms with Gasteiger partial charge in [-0.2, -0.15) is 0 Å². The number of halogens is 2. The Morgan fingerprint density at radius 3 is 2.63 bits per heavy atom. The Morgan fingerprint density at radius 2 is 2.11 bits per heavy atom. The van der Waals surface area contributed by atoms with E-state index in [2.05, 4.69) is 15.9 Å². The summed E-state index contributed by atoms with van der Waals surface area (Å²) in [6.07, 6.45) is 1.23. The zero-order chi connectivity index (χ0) is 14.6. The summed E-state index contributed by atoms with van der Waals surface area (Å²) in [6.45, 7) is 0.818. The van der Waals surface area contributed by atoms with E-state index in [-0.39, 0.29) is 11.8 Å². The molecule has 0 saturated carbocycles. The Bertz CT molecular complexity index is 537. The van der Waals surface area contributed by atoms with Crippen molar-refractivity contribution in [3.63, 3.8) is 0 Å². The molecule has 0 aliphatic heterocycles. The fourth-order valence-electron chi connectivity index (χ4n) is 1.78. The van der Waals surface area contributed by atoms with E-state index in [0.717, 1.165) is 10.0 Å².